The van der Waals surface area contributed by atoms with Crippen molar-refractivity contribution in [3.05, 3.63) is 29.8 Å². The van der Waals surface area contributed by atoms with Gasteiger partial charge >= 0.3 is 0 Å². The van der Waals surface area contributed by atoms with Crippen LogP contribution in [0.25, 0.3) is 0 Å². The number of hydrogen-bond acceptors (Lipinski definition) is 3. The third-order valence-electron chi connectivity index (χ3n) is 5.30. The maximum Gasteiger partial charge on any atom is 0.229 e. The second-order valence-corrected chi connectivity index (χ2v) is 8.44. The van der Waals surface area contributed by atoms with Crippen molar-refractivity contribution in [3.8, 4) is 5.75 Å². The van der Waals surface area contributed by atoms with Crippen LogP contribution in [0.4, 0.5) is 0 Å². The molecule has 1 aliphatic heterocycles. The van der Waals surface area contributed by atoms with Gasteiger partial charge in [-0.2, -0.15) is 0 Å². The third kappa shape index (κ3) is 3.37. The van der Waals surface area contributed by atoms with Crippen LogP contribution in [0.5, 0.6) is 5.75 Å². The summed E-state index contributed by atoms with van der Waals surface area (Å²) in [6.45, 7) is 4.49. The molecule has 1 heterocycles. The van der Waals surface area contributed by atoms with E-state index in [1.807, 2.05) is 19.1 Å². The molecule has 0 radical (unpaired) electrons. The second kappa shape index (κ2) is 6.74. The smallest absolute Gasteiger partial charge is 0.229 e. The number of carbonyl (C=O) groups excluding carboxylic acids is 1. The van der Waals surface area contributed by atoms with Crippen LogP contribution >= 0.6 is 23.2 Å². The van der Waals surface area contributed by atoms with Gasteiger partial charge in [0.25, 0.3) is 0 Å². The number of nitrogens with zero attached hydrogens (tertiary/aromatic N) is 1. The summed E-state index contributed by atoms with van der Waals surface area (Å²) in [5, 5.41) is 3.06. The van der Waals surface area contributed by atoms with Crippen molar-refractivity contribution in [2.75, 3.05) is 26.7 Å². The Bertz CT molecular complexity index is 600. The Morgan fingerprint density at radius 1 is 1.29 bits per heavy atom. The monoisotopic (exact) mass is 370 g/mol. The molecule has 2 aliphatic rings. The highest BCUT2D eigenvalue weighted by atomic mass is 35.5. The number of amides is 1. The van der Waals surface area contributed by atoms with Gasteiger partial charge in [-0.05, 0) is 57.0 Å². The number of alkyl halides is 2. The quantitative estimate of drug-likeness (QED) is 0.778. The molecule has 1 aromatic carbocycles. The lowest BCUT2D eigenvalue weighted by molar-refractivity contribution is -0.126. The largest absolute Gasteiger partial charge is 0.497 e. The molecule has 0 bridgehead atoms. The molecule has 1 saturated heterocycles. The van der Waals surface area contributed by atoms with Crippen molar-refractivity contribution in [1.82, 2.24) is 10.2 Å². The molecule has 0 unspecified atom stereocenters. The van der Waals surface area contributed by atoms with Crippen LogP contribution in [-0.4, -0.2) is 41.9 Å². The molecule has 1 amide bonds. The lowest BCUT2D eigenvalue weighted by Crippen LogP contribution is -2.40. The molecule has 132 valence electrons. The summed E-state index contributed by atoms with van der Waals surface area (Å²) in [6.07, 6.45) is 2.90. The number of hydrogen-bond donors (Lipinski definition) is 1. The molecule has 2 fully saturated rings. The second-order valence-electron chi connectivity index (χ2n) is 6.96. The molecule has 0 aromatic heterocycles. The molecule has 4 nitrogen and oxygen atoms in total. The van der Waals surface area contributed by atoms with E-state index in [9.17, 15) is 4.79 Å². The normalized spacial score (nSPS) is 26.8. The summed E-state index contributed by atoms with van der Waals surface area (Å²) in [7, 11) is 1.66. The maximum atomic E-state index is 12.5. The first kappa shape index (κ1) is 17.8. The van der Waals surface area contributed by atoms with Crippen LogP contribution in [0.1, 0.15) is 37.8 Å². The van der Waals surface area contributed by atoms with Crippen molar-refractivity contribution < 1.29 is 9.53 Å². The van der Waals surface area contributed by atoms with E-state index in [1.165, 1.54) is 18.4 Å². The van der Waals surface area contributed by atoms with E-state index in [1.54, 1.807) is 7.11 Å². The minimum atomic E-state index is -0.930. The van der Waals surface area contributed by atoms with Crippen LogP contribution in [0, 0.1) is 5.41 Å². The molecule has 2 atom stereocenters. The SMILES string of the molecule is COc1ccc([C@@H](CNC(=O)[C@]2(C)CC2(Cl)Cl)N2CCCC2)cc1. The van der Waals surface area contributed by atoms with E-state index in [0.717, 1.165) is 18.8 Å². The Hall–Kier alpha value is -0.970. The van der Waals surface area contributed by atoms with Crippen LogP contribution in [0.3, 0.4) is 0 Å². The van der Waals surface area contributed by atoms with E-state index in [2.05, 4.69) is 22.3 Å². The number of carbonyl (C=O) groups is 1. The van der Waals surface area contributed by atoms with Gasteiger partial charge < -0.3 is 10.1 Å². The number of benzene rings is 1. The highest BCUT2D eigenvalue weighted by Gasteiger charge is 2.67. The van der Waals surface area contributed by atoms with Gasteiger partial charge in [-0.1, -0.05) is 12.1 Å². The maximum absolute atomic E-state index is 12.5. The highest BCUT2D eigenvalue weighted by Crippen LogP contribution is 2.63. The minimum Gasteiger partial charge on any atom is -0.497 e. The molecule has 1 aliphatic carbocycles. The number of halogens is 2. The van der Waals surface area contributed by atoms with E-state index in [-0.39, 0.29) is 11.9 Å². The molecule has 6 heteroatoms. The van der Waals surface area contributed by atoms with Gasteiger partial charge in [0, 0.05) is 6.54 Å². The summed E-state index contributed by atoms with van der Waals surface area (Å²) in [5.41, 5.74) is 0.507. The van der Waals surface area contributed by atoms with Crippen LogP contribution in [0.15, 0.2) is 24.3 Å². The van der Waals surface area contributed by atoms with Crippen LogP contribution in [0.2, 0.25) is 0 Å². The van der Waals surface area contributed by atoms with Crippen LogP contribution < -0.4 is 10.1 Å². The molecule has 24 heavy (non-hydrogen) atoms. The van der Waals surface area contributed by atoms with Gasteiger partial charge in [0.05, 0.1) is 18.6 Å². The average Bonchev–Trinajstić information content (AvgIpc) is 2.95. The number of ether oxygens (including phenoxy) is 1. The zero-order valence-electron chi connectivity index (χ0n) is 14.1. The Kier molecular flexibility index (Phi) is 5.01. The van der Waals surface area contributed by atoms with Gasteiger partial charge in [-0.15, -0.1) is 23.2 Å². The lowest BCUT2D eigenvalue weighted by atomic mass is 10.0. The Labute approximate surface area is 153 Å². The average molecular weight is 371 g/mol. The number of methoxy groups -OCH3 is 1. The van der Waals surface area contributed by atoms with Crippen LogP contribution in [-0.2, 0) is 4.79 Å². The Morgan fingerprint density at radius 3 is 2.38 bits per heavy atom. The topological polar surface area (TPSA) is 41.6 Å². The van der Waals surface area contributed by atoms with E-state index in [4.69, 9.17) is 27.9 Å². The fraction of sp³-hybridized carbons (Fsp3) is 0.611. The Balaban J connectivity index is 1.69. The van der Waals surface area contributed by atoms with Crippen molar-refractivity contribution in [3.63, 3.8) is 0 Å². The zero-order valence-corrected chi connectivity index (χ0v) is 15.7. The fourth-order valence-electron chi connectivity index (χ4n) is 3.37. The first-order valence-electron chi connectivity index (χ1n) is 8.41. The first-order chi connectivity index (χ1) is 11.4. The molecule has 1 N–H and O–H groups in total. The number of rotatable bonds is 6. The van der Waals surface area contributed by atoms with Crippen molar-refractivity contribution in [2.24, 2.45) is 5.41 Å². The van der Waals surface area contributed by atoms with E-state index >= 15 is 0 Å². The van der Waals surface area contributed by atoms with Crippen molar-refractivity contribution >= 4 is 29.1 Å². The summed E-state index contributed by atoms with van der Waals surface area (Å²) in [4.78, 5) is 14.9. The van der Waals surface area contributed by atoms with Gasteiger partial charge in [0.2, 0.25) is 5.91 Å². The van der Waals surface area contributed by atoms with E-state index in [0.29, 0.717) is 13.0 Å². The van der Waals surface area contributed by atoms with Gasteiger partial charge in [-0.3, -0.25) is 9.69 Å². The predicted octanol–water partition coefficient (Wildman–Crippen LogP) is 3.53. The molecule has 1 saturated carbocycles. The van der Waals surface area contributed by atoms with Crippen molar-refractivity contribution in [1.29, 1.82) is 0 Å². The zero-order chi connectivity index (χ0) is 17.4. The third-order valence-corrected chi connectivity index (χ3v) is 6.40. The number of nitrogens with one attached hydrogen (secondary N) is 1. The predicted molar refractivity (Wildman–Crippen MR) is 96.7 cm³/mol. The van der Waals surface area contributed by atoms with Crippen molar-refractivity contribution in [2.45, 2.75) is 36.6 Å². The first-order valence-corrected chi connectivity index (χ1v) is 9.17. The molecule has 1 aromatic rings. The molecular formula is C18H24Cl2N2O2. The highest BCUT2D eigenvalue weighted by molar-refractivity contribution is 6.53. The van der Waals surface area contributed by atoms with E-state index < -0.39 is 9.75 Å². The Morgan fingerprint density at radius 2 is 1.88 bits per heavy atom. The summed E-state index contributed by atoms with van der Waals surface area (Å²) in [5.74, 6) is 0.771. The molecule has 0 spiro atoms. The lowest BCUT2D eigenvalue weighted by Gasteiger charge is -2.29. The standard InChI is InChI=1S/C18H24Cl2N2O2/c1-17(12-18(17,19)20)16(23)21-11-15(22-9-3-4-10-22)13-5-7-14(24-2)8-6-13/h5-8,15H,3-4,9-12H2,1-2H3,(H,21,23)/t15-,17+/m1/s1. The van der Waals surface area contributed by atoms with Gasteiger partial charge in [0.15, 0.2) is 0 Å². The fourth-order valence-corrected chi connectivity index (χ4v) is 4.07. The summed E-state index contributed by atoms with van der Waals surface area (Å²) in [6, 6.07) is 8.22. The minimum absolute atomic E-state index is 0.0646. The summed E-state index contributed by atoms with van der Waals surface area (Å²) < 4.78 is 4.31. The summed E-state index contributed by atoms with van der Waals surface area (Å²) >= 11 is 12.2. The molecular weight excluding hydrogens is 347 g/mol. The number of likely N-dealkylation sites (tertiary alicyclic amines) is 1. The van der Waals surface area contributed by atoms with Gasteiger partial charge in [-0.25, -0.2) is 0 Å². The molecule has 3 rings (SSSR count). The van der Waals surface area contributed by atoms with Gasteiger partial charge in [0.1, 0.15) is 10.1 Å².